The summed E-state index contributed by atoms with van der Waals surface area (Å²) in [5, 5.41) is 0.741. The molecule has 1 unspecified atom stereocenters. The molecular weight excluding hydrogens is 257 g/mol. The van der Waals surface area contributed by atoms with Crippen molar-refractivity contribution in [2.45, 2.75) is 25.3 Å². The first kappa shape index (κ1) is 13.0. The summed E-state index contributed by atoms with van der Waals surface area (Å²) in [5.74, 6) is 0.490. The molecule has 2 nitrogen and oxygen atoms in total. The van der Waals surface area contributed by atoms with Crippen LogP contribution in [0.15, 0.2) is 18.2 Å². The van der Waals surface area contributed by atoms with Gasteiger partial charge in [-0.05, 0) is 30.2 Å². The van der Waals surface area contributed by atoms with Crippen molar-refractivity contribution in [3.05, 3.63) is 28.8 Å². The predicted octanol–water partition coefficient (Wildman–Crippen LogP) is 3.69. The Hall–Kier alpha value is -0.440. The van der Waals surface area contributed by atoms with Gasteiger partial charge in [0, 0.05) is 23.1 Å². The highest BCUT2D eigenvalue weighted by atomic mass is 35.5. The minimum absolute atomic E-state index is 0.437. The Morgan fingerprint density at radius 2 is 2.29 bits per heavy atom. The van der Waals surface area contributed by atoms with E-state index in [2.05, 4.69) is 17.9 Å². The topological polar surface area (TPSA) is 12.5 Å². The summed E-state index contributed by atoms with van der Waals surface area (Å²) in [5.41, 5.74) is 2.29. The summed E-state index contributed by atoms with van der Waals surface area (Å²) < 4.78 is 5.52. The molecule has 1 atom stereocenters. The van der Waals surface area contributed by atoms with Crippen molar-refractivity contribution in [2.24, 2.45) is 0 Å². The smallest absolute Gasteiger partial charge is 0.0670 e. The molecule has 0 radical (unpaired) electrons. The molecule has 0 N–H and O–H groups in total. The molecule has 0 saturated carbocycles. The van der Waals surface area contributed by atoms with Crippen molar-refractivity contribution in [1.82, 2.24) is 0 Å². The number of benzene rings is 1. The van der Waals surface area contributed by atoms with Crippen LogP contribution in [0.5, 0.6) is 0 Å². The molecule has 1 saturated heterocycles. The number of rotatable bonds is 3. The van der Waals surface area contributed by atoms with Gasteiger partial charge in [-0.1, -0.05) is 18.5 Å². The van der Waals surface area contributed by atoms with Crippen LogP contribution in [-0.4, -0.2) is 25.8 Å². The first-order valence-corrected chi connectivity index (χ1v) is 6.86. The number of anilines is 1. The van der Waals surface area contributed by atoms with Crippen molar-refractivity contribution in [3.8, 4) is 0 Å². The molecule has 0 spiro atoms. The van der Waals surface area contributed by atoms with Gasteiger partial charge in [-0.3, -0.25) is 0 Å². The average Bonchev–Trinajstić information content (AvgIpc) is 2.38. The van der Waals surface area contributed by atoms with E-state index in [1.54, 1.807) is 0 Å². The zero-order chi connectivity index (χ0) is 12.3. The van der Waals surface area contributed by atoms with E-state index in [0.29, 0.717) is 11.9 Å². The van der Waals surface area contributed by atoms with E-state index in [9.17, 15) is 0 Å². The Balaban J connectivity index is 2.30. The first-order chi connectivity index (χ1) is 8.26. The fourth-order valence-corrected chi connectivity index (χ4v) is 2.66. The highest BCUT2D eigenvalue weighted by Crippen LogP contribution is 2.29. The van der Waals surface area contributed by atoms with E-state index < -0.39 is 0 Å². The summed E-state index contributed by atoms with van der Waals surface area (Å²) >= 11 is 12.0. The third kappa shape index (κ3) is 2.87. The van der Waals surface area contributed by atoms with E-state index in [1.807, 2.05) is 12.1 Å². The van der Waals surface area contributed by atoms with Crippen LogP contribution in [0.1, 0.15) is 18.9 Å². The molecular formula is C13H17Cl2NO. The Morgan fingerprint density at radius 3 is 3.00 bits per heavy atom. The van der Waals surface area contributed by atoms with Crippen LogP contribution in [0.4, 0.5) is 5.69 Å². The number of morpholine rings is 1. The minimum Gasteiger partial charge on any atom is -0.377 e. The van der Waals surface area contributed by atoms with Crippen LogP contribution in [-0.2, 0) is 10.6 Å². The number of alkyl halides is 1. The normalized spacial score (nSPS) is 20.6. The van der Waals surface area contributed by atoms with Gasteiger partial charge >= 0.3 is 0 Å². The molecule has 1 fully saturated rings. The number of halogens is 2. The van der Waals surface area contributed by atoms with Crippen molar-refractivity contribution in [2.75, 3.05) is 24.7 Å². The van der Waals surface area contributed by atoms with Gasteiger partial charge in [-0.15, -0.1) is 11.6 Å². The summed E-state index contributed by atoms with van der Waals surface area (Å²) in [7, 11) is 0. The summed E-state index contributed by atoms with van der Waals surface area (Å²) in [6.45, 7) is 4.67. The Labute approximate surface area is 112 Å². The minimum atomic E-state index is 0.437. The molecule has 4 heteroatoms. The van der Waals surface area contributed by atoms with Crippen LogP contribution in [0.2, 0.25) is 5.02 Å². The summed E-state index contributed by atoms with van der Waals surface area (Å²) in [6.07, 6.45) is 1.07. The lowest BCUT2D eigenvalue weighted by Gasteiger charge is -2.38. The van der Waals surface area contributed by atoms with Crippen LogP contribution in [0.25, 0.3) is 0 Å². The monoisotopic (exact) mass is 273 g/mol. The van der Waals surface area contributed by atoms with Gasteiger partial charge in [-0.2, -0.15) is 0 Å². The highest BCUT2D eigenvalue weighted by molar-refractivity contribution is 6.30. The van der Waals surface area contributed by atoms with Gasteiger partial charge in [0.2, 0.25) is 0 Å². The molecule has 1 heterocycles. The second kappa shape index (κ2) is 5.94. The van der Waals surface area contributed by atoms with Crippen LogP contribution >= 0.6 is 23.2 Å². The maximum atomic E-state index is 6.00. The lowest BCUT2D eigenvalue weighted by atomic mass is 10.1. The standard InChI is InChI=1S/C13H17Cl2NO/c1-2-12-9-17-6-5-16(12)13-4-3-11(15)7-10(13)8-14/h3-4,7,12H,2,5-6,8-9H2,1H3. The molecule has 0 bridgehead atoms. The van der Waals surface area contributed by atoms with Crippen molar-refractivity contribution < 1.29 is 4.74 Å². The van der Waals surface area contributed by atoms with Crippen molar-refractivity contribution in [1.29, 1.82) is 0 Å². The molecule has 2 rings (SSSR count). The molecule has 0 amide bonds. The third-order valence-corrected chi connectivity index (χ3v) is 3.72. The highest BCUT2D eigenvalue weighted by Gasteiger charge is 2.23. The molecule has 1 aliphatic heterocycles. The van der Waals surface area contributed by atoms with Crippen molar-refractivity contribution >= 4 is 28.9 Å². The number of hydrogen-bond donors (Lipinski definition) is 0. The Morgan fingerprint density at radius 1 is 1.47 bits per heavy atom. The lowest BCUT2D eigenvalue weighted by molar-refractivity contribution is 0.0929. The maximum absolute atomic E-state index is 6.00. The summed E-state index contributed by atoms with van der Waals surface area (Å²) in [4.78, 5) is 2.39. The van der Waals surface area contributed by atoms with E-state index in [0.717, 1.165) is 36.8 Å². The zero-order valence-electron chi connectivity index (χ0n) is 9.96. The van der Waals surface area contributed by atoms with Gasteiger partial charge in [0.1, 0.15) is 0 Å². The SMILES string of the molecule is CCC1COCCN1c1ccc(Cl)cc1CCl. The van der Waals surface area contributed by atoms with Crippen LogP contribution < -0.4 is 4.90 Å². The Bertz CT molecular complexity index is 384. The zero-order valence-corrected chi connectivity index (χ0v) is 11.5. The number of hydrogen-bond acceptors (Lipinski definition) is 2. The van der Waals surface area contributed by atoms with Gasteiger partial charge in [0.25, 0.3) is 0 Å². The van der Waals surface area contributed by atoms with E-state index >= 15 is 0 Å². The van der Waals surface area contributed by atoms with E-state index in [1.165, 1.54) is 5.69 Å². The fraction of sp³-hybridized carbons (Fsp3) is 0.538. The molecule has 0 aromatic heterocycles. The molecule has 1 aromatic rings. The summed E-state index contributed by atoms with van der Waals surface area (Å²) in [6, 6.07) is 6.38. The van der Waals surface area contributed by atoms with Crippen LogP contribution in [0, 0.1) is 0 Å². The number of nitrogens with zero attached hydrogens (tertiary/aromatic N) is 1. The number of ether oxygens (including phenoxy) is 1. The first-order valence-electron chi connectivity index (χ1n) is 5.95. The van der Waals surface area contributed by atoms with Gasteiger partial charge in [0.15, 0.2) is 0 Å². The molecule has 0 aliphatic carbocycles. The van der Waals surface area contributed by atoms with Crippen LogP contribution in [0.3, 0.4) is 0 Å². The van der Waals surface area contributed by atoms with Crippen molar-refractivity contribution in [3.63, 3.8) is 0 Å². The van der Waals surface area contributed by atoms with Gasteiger partial charge in [0.05, 0.1) is 19.3 Å². The fourth-order valence-electron chi connectivity index (χ4n) is 2.25. The largest absolute Gasteiger partial charge is 0.377 e. The lowest BCUT2D eigenvalue weighted by Crippen LogP contribution is -2.45. The third-order valence-electron chi connectivity index (χ3n) is 3.19. The van der Waals surface area contributed by atoms with Gasteiger partial charge in [-0.25, -0.2) is 0 Å². The second-order valence-electron chi connectivity index (χ2n) is 4.24. The maximum Gasteiger partial charge on any atom is 0.0670 e. The predicted molar refractivity (Wildman–Crippen MR) is 73.3 cm³/mol. The molecule has 1 aromatic carbocycles. The molecule has 94 valence electrons. The second-order valence-corrected chi connectivity index (χ2v) is 4.94. The Kier molecular flexibility index (Phi) is 4.55. The molecule has 1 aliphatic rings. The molecule has 17 heavy (non-hydrogen) atoms. The quantitative estimate of drug-likeness (QED) is 0.779. The van der Waals surface area contributed by atoms with E-state index in [-0.39, 0.29) is 0 Å². The van der Waals surface area contributed by atoms with Gasteiger partial charge < -0.3 is 9.64 Å². The van der Waals surface area contributed by atoms with E-state index in [4.69, 9.17) is 27.9 Å². The average molecular weight is 274 g/mol.